The Kier molecular flexibility index (Phi) is 9.99. The minimum Gasteiger partial charge on any atom is -0.417 e. The van der Waals surface area contributed by atoms with Crippen LogP contribution in [0.2, 0.25) is 91.7 Å². The molecule has 0 saturated heterocycles. The topological polar surface area (TPSA) is 95.8 Å². The van der Waals surface area contributed by atoms with Gasteiger partial charge in [0.1, 0.15) is 0 Å². The third kappa shape index (κ3) is 15.6. The average molecular weight is 537 g/mol. The molecular formula is C14H44O8Si7. The van der Waals surface area contributed by atoms with Gasteiger partial charge in [-0.15, -0.1) is 0 Å². The molecule has 0 aromatic rings. The van der Waals surface area contributed by atoms with Crippen LogP contribution in [0.15, 0.2) is 0 Å². The summed E-state index contributed by atoms with van der Waals surface area (Å²) >= 11 is 0. The first kappa shape index (κ1) is 30.2. The van der Waals surface area contributed by atoms with Crippen LogP contribution in [0.3, 0.4) is 0 Å². The standard InChI is InChI=1S/C14H44O8Si7/c1-23(2,3)17-28(13,15)21-26(9,10)19-25(7,8)20-27(11,12)22-29(14,16)18-24(4,5)6/h15-16H,1-14H3. The van der Waals surface area contributed by atoms with Crippen molar-refractivity contribution in [3.8, 4) is 0 Å². The fourth-order valence-electron chi connectivity index (χ4n) is 3.34. The van der Waals surface area contributed by atoms with Crippen LogP contribution in [0.5, 0.6) is 0 Å². The van der Waals surface area contributed by atoms with Crippen molar-refractivity contribution in [3.05, 3.63) is 0 Å². The van der Waals surface area contributed by atoms with Crippen molar-refractivity contribution < 1.29 is 34.3 Å². The Morgan fingerprint density at radius 1 is 0.345 bits per heavy atom. The van der Waals surface area contributed by atoms with Crippen LogP contribution in [-0.4, -0.2) is 69.5 Å². The SMILES string of the molecule is C[Si](C)(C)O[Si](C)(O)O[Si](C)(C)O[Si](C)(C)O[Si](C)(C)O[Si](C)(O)O[Si](C)(C)C. The minimum atomic E-state index is -3.30. The predicted molar refractivity (Wildman–Crippen MR) is 133 cm³/mol. The molecule has 29 heavy (non-hydrogen) atoms. The van der Waals surface area contributed by atoms with Gasteiger partial charge in [0.2, 0.25) is 0 Å². The summed E-state index contributed by atoms with van der Waals surface area (Å²) in [4.78, 5) is 21.4. The molecule has 0 aromatic heterocycles. The molecule has 0 spiro atoms. The zero-order valence-corrected chi connectivity index (χ0v) is 27.8. The Morgan fingerprint density at radius 2 is 0.552 bits per heavy atom. The lowest BCUT2D eigenvalue weighted by molar-refractivity contribution is 0.207. The van der Waals surface area contributed by atoms with Gasteiger partial charge in [-0.1, -0.05) is 0 Å². The first-order chi connectivity index (χ1) is 12.2. The molecule has 0 radical (unpaired) electrons. The van der Waals surface area contributed by atoms with E-state index in [0.717, 1.165) is 0 Å². The molecule has 0 saturated carbocycles. The van der Waals surface area contributed by atoms with E-state index in [2.05, 4.69) is 0 Å². The van der Waals surface area contributed by atoms with E-state index in [-0.39, 0.29) is 0 Å². The highest BCUT2D eigenvalue weighted by atomic mass is 28.5. The zero-order valence-electron chi connectivity index (χ0n) is 20.8. The van der Waals surface area contributed by atoms with Crippen molar-refractivity contribution in [2.24, 2.45) is 0 Å². The molecule has 0 aromatic carbocycles. The van der Waals surface area contributed by atoms with Gasteiger partial charge in [0.15, 0.2) is 16.6 Å². The van der Waals surface area contributed by atoms with Gasteiger partial charge in [-0.3, -0.25) is 0 Å². The van der Waals surface area contributed by atoms with E-state index in [1.54, 1.807) is 13.1 Å². The predicted octanol–water partition coefficient (Wildman–Crippen LogP) is 3.98. The lowest BCUT2D eigenvalue weighted by Crippen LogP contribution is -2.61. The fraction of sp³-hybridized carbons (Fsp3) is 1.00. The van der Waals surface area contributed by atoms with Crippen molar-refractivity contribution in [2.45, 2.75) is 91.7 Å². The quantitative estimate of drug-likeness (QED) is 0.362. The maximum atomic E-state index is 10.7. The third-order valence-corrected chi connectivity index (χ3v) is 25.6. The van der Waals surface area contributed by atoms with Crippen LogP contribution in [0.1, 0.15) is 0 Å². The molecular weight excluding hydrogens is 493 g/mol. The van der Waals surface area contributed by atoms with Crippen LogP contribution >= 0.6 is 0 Å². The van der Waals surface area contributed by atoms with E-state index < -0.39 is 59.9 Å². The Bertz CT molecular complexity index is 495. The Morgan fingerprint density at radius 3 is 0.759 bits per heavy atom. The number of rotatable bonds is 12. The zero-order chi connectivity index (χ0) is 23.7. The van der Waals surface area contributed by atoms with Gasteiger partial charge < -0.3 is 34.3 Å². The lowest BCUT2D eigenvalue weighted by Gasteiger charge is -2.42. The van der Waals surface area contributed by atoms with Crippen molar-refractivity contribution >= 4 is 59.9 Å². The van der Waals surface area contributed by atoms with Gasteiger partial charge in [-0.25, -0.2) is 0 Å². The summed E-state index contributed by atoms with van der Waals surface area (Å²) in [5, 5.41) is 0. The van der Waals surface area contributed by atoms with Gasteiger partial charge in [0, 0.05) is 13.1 Å². The first-order valence-corrected chi connectivity index (χ1v) is 29.7. The maximum absolute atomic E-state index is 10.7. The van der Waals surface area contributed by atoms with E-state index in [4.69, 9.17) is 24.7 Å². The molecule has 0 aliphatic heterocycles. The van der Waals surface area contributed by atoms with Crippen LogP contribution < -0.4 is 0 Å². The second-order valence-electron chi connectivity index (χ2n) is 10.8. The molecule has 176 valence electrons. The largest absolute Gasteiger partial charge is 0.475 e. The molecule has 0 amide bonds. The fourth-order valence-corrected chi connectivity index (χ4v) is 31.9. The molecule has 0 fully saturated rings. The first-order valence-electron chi connectivity index (χ1n) is 9.90. The Hall–Kier alpha value is 1.20. The van der Waals surface area contributed by atoms with Gasteiger partial charge in [0.05, 0.1) is 0 Å². The maximum Gasteiger partial charge on any atom is 0.475 e. The highest BCUT2D eigenvalue weighted by Crippen LogP contribution is 2.27. The second-order valence-corrected chi connectivity index (χ2v) is 36.2. The van der Waals surface area contributed by atoms with Crippen molar-refractivity contribution in [3.63, 3.8) is 0 Å². The molecule has 2 atom stereocenters. The molecule has 2 N–H and O–H groups in total. The van der Waals surface area contributed by atoms with E-state index >= 15 is 0 Å². The summed E-state index contributed by atoms with van der Waals surface area (Å²) in [7, 11) is -18.7. The van der Waals surface area contributed by atoms with Gasteiger partial charge >= 0.3 is 43.3 Å². The third-order valence-electron chi connectivity index (χ3n) is 2.84. The molecule has 0 heterocycles. The highest BCUT2D eigenvalue weighted by molar-refractivity contribution is 6.90. The average Bonchev–Trinajstić information content (AvgIpc) is 2.10. The van der Waals surface area contributed by atoms with Crippen LogP contribution in [-0.2, 0) is 24.7 Å². The Labute approximate surface area is 185 Å². The van der Waals surface area contributed by atoms with Crippen LogP contribution in [0, 0.1) is 0 Å². The molecule has 0 aliphatic rings. The molecule has 15 heteroatoms. The van der Waals surface area contributed by atoms with Crippen LogP contribution in [0.4, 0.5) is 0 Å². The summed E-state index contributed by atoms with van der Waals surface area (Å²) < 4.78 is 36.4. The van der Waals surface area contributed by atoms with Gasteiger partial charge in [-0.05, 0) is 78.6 Å². The Balaban J connectivity index is 5.15. The van der Waals surface area contributed by atoms with Gasteiger partial charge in [0.25, 0.3) is 0 Å². The molecule has 0 bridgehead atoms. The smallest absolute Gasteiger partial charge is 0.417 e. The molecule has 0 aliphatic carbocycles. The number of hydrogen-bond donors (Lipinski definition) is 2. The molecule has 2 unspecified atom stereocenters. The highest BCUT2D eigenvalue weighted by Gasteiger charge is 2.49. The summed E-state index contributed by atoms with van der Waals surface area (Å²) in [6, 6.07) is 0. The summed E-state index contributed by atoms with van der Waals surface area (Å²) in [5.74, 6) is 0. The second kappa shape index (κ2) is 9.59. The van der Waals surface area contributed by atoms with Crippen molar-refractivity contribution in [1.82, 2.24) is 0 Å². The minimum absolute atomic E-state index is 1.64. The van der Waals surface area contributed by atoms with E-state index in [1.165, 1.54) is 0 Å². The van der Waals surface area contributed by atoms with Gasteiger partial charge in [-0.2, -0.15) is 0 Å². The van der Waals surface area contributed by atoms with Crippen molar-refractivity contribution in [1.29, 1.82) is 0 Å². The number of hydrogen-bond acceptors (Lipinski definition) is 8. The summed E-state index contributed by atoms with van der Waals surface area (Å²) in [6.07, 6.45) is 0. The van der Waals surface area contributed by atoms with E-state index in [0.29, 0.717) is 0 Å². The van der Waals surface area contributed by atoms with E-state index in [1.807, 2.05) is 78.6 Å². The molecule has 8 nitrogen and oxygen atoms in total. The summed E-state index contributed by atoms with van der Waals surface area (Å²) in [5.41, 5.74) is 0. The lowest BCUT2D eigenvalue weighted by atomic mass is 11.8. The monoisotopic (exact) mass is 536 g/mol. The normalized spacial score (nSPS) is 19.0. The summed E-state index contributed by atoms with van der Waals surface area (Å²) in [6.45, 7) is 26.7. The molecule has 0 rings (SSSR count). The van der Waals surface area contributed by atoms with Crippen molar-refractivity contribution in [2.75, 3.05) is 0 Å². The van der Waals surface area contributed by atoms with E-state index in [9.17, 15) is 9.59 Å². The van der Waals surface area contributed by atoms with Crippen LogP contribution in [0.25, 0.3) is 0 Å².